The molecule has 1 aromatic heterocycles. The first kappa shape index (κ1) is 12.6. The van der Waals surface area contributed by atoms with Gasteiger partial charge in [0.25, 0.3) is 0 Å². The normalized spacial score (nSPS) is 10.1. The Morgan fingerprint density at radius 1 is 1.00 bits per heavy atom. The lowest BCUT2D eigenvalue weighted by atomic mass is 10.3. The summed E-state index contributed by atoms with van der Waals surface area (Å²) < 4.78 is 10.9. The summed E-state index contributed by atoms with van der Waals surface area (Å²) >= 11 is 5.66. The van der Waals surface area contributed by atoms with Crippen LogP contribution in [-0.4, -0.2) is 23.2 Å². The molecule has 0 saturated heterocycles. The quantitative estimate of drug-likeness (QED) is 0.594. The second kappa shape index (κ2) is 6.81. The Bertz CT molecular complexity index is 479. The third-order valence-corrected chi connectivity index (χ3v) is 2.42. The van der Waals surface area contributed by atoms with Gasteiger partial charge in [0.2, 0.25) is 5.88 Å². The van der Waals surface area contributed by atoms with E-state index in [1.54, 1.807) is 12.4 Å². The largest absolute Gasteiger partial charge is 0.490 e. The van der Waals surface area contributed by atoms with E-state index in [0.29, 0.717) is 30.7 Å². The number of hydrogen-bond donors (Lipinski definition) is 0. The summed E-state index contributed by atoms with van der Waals surface area (Å²) in [5.74, 6) is 1.61. The third kappa shape index (κ3) is 3.89. The Balaban J connectivity index is 1.75. The minimum Gasteiger partial charge on any atom is -0.490 e. The Kier molecular flexibility index (Phi) is 4.78. The van der Waals surface area contributed by atoms with Gasteiger partial charge in [0, 0.05) is 6.20 Å². The molecule has 2 rings (SSSR count). The predicted molar refractivity (Wildman–Crippen MR) is 69.0 cm³/mol. The Hall–Kier alpha value is -1.81. The average Bonchev–Trinajstić information content (AvgIpc) is 2.45. The van der Waals surface area contributed by atoms with E-state index in [1.807, 2.05) is 30.3 Å². The van der Waals surface area contributed by atoms with Crippen molar-refractivity contribution < 1.29 is 9.47 Å². The van der Waals surface area contributed by atoms with Crippen LogP contribution in [0.2, 0.25) is 0 Å². The number of para-hydroxylation sites is 1. The second-order valence-electron chi connectivity index (χ2n) is 3.49. The summed E-state index contributed by atoms with van der Waals surface area (Å²) in [6.07, 6.45) is 3.17. The lowest BCUT2D eigenvalue weighted by Gasteiger charge is -2.07. The topological polar surface area (TPSA) is 44.2 Å². The average molecular weight is 265 g/mol. The molecule has 0 atom stereocenters. The van der Waals surface area contributed by atoms with E-state index >= 15 is 0 Å². The highest BCUT2D eigenvalue weighted by molar-refractivity contribution is 6.16. The van der Waals surface area contributed by atoms with Crippen molar-refractivity contribution >= 4 is 11.6 Å². The van der Waals surface area contributed by atoms with Gasteiger partial charge >= 0.3 is 0 Å². The van der Waals surface area contributed by atoms with Crippen molar-refractivity contribution in [2.75, 3.05) is 13.2 Å². The van der Waals surface area contributed by atoms with Crippen molar-refractivity contribution in [3.63, 3.8) is 0 Å². The van der Waals surface area contributed by atoms with Crippen molar-refractivity contribution in [3.8, 4) is 11.6 Å². The standard InChI is InChI=1S/C13H13ClN2O2/c14-8-11-9-15-10-13(16-11)18-7-6-17-12-4-2-1-3-5-12/h1-5,9-10H,6-8H2. The molecule has 18 heavy (non-hydrogen) atoms. The van der Waals surface area contributed by atoms with Crippen molar-refractivity contribution in [2.24, 2.45) is 0 Å². The highest BCUT2D eigenvalue weighted by Crippen LogP contribution is 2.09. The summed E-state index contributed by atoms with van der Waals surface area (Å²) in [6, 6.07) is 9.58. The molecule has 0 aliphatic rings. The molecule has 0 aliphatic carbocycles. The summed E-state index contributed by atoms with van der Waals surface area (Å²) in [6.45, 7) is 0.867. The van der Waals surface area contributed by atoms with Crippen LogP contribution in [-0.2, 0) is 5.88 Å². The van der Waals surface area contributed by atoms with Gasteiger partial charge in [-0.3, -0.25) is 4.98 Å². The molecule has 0 aliphatic heterocycles. The molecule has 5 heteroatoms. The summed E-state index contributed by atoms with van der Waals surface area (Å²) in [7, 11) is 0. The molecule has 2 aromatic rings. The van der Waals surface area contributed by atoms with Crippen molar-refractivity contribution in [3.05, 3.63) is 48.4 Å². The lowest BCUT2D eigenvalue weighted by molar-refractivity contribution is 0.211. The van der Waals surface area contributed by atoms with Crippen molar-refractivity contribution in [1.29, 1.82) is 0 Å². The van der Waals surface area contributed by atoms with Crippen LogP contribution in [0.5, 0.6) is 11.6 Å². The fraction of sp³-hybridized carbons (Fsp3) is 0.231. The summed E-state index contributed by atoms with van der Waals surface area (Å²) in [5.41, 5.74) is 0.693. The van der Waals surface area contributed by atoms with Crippen LogP contribution in [0, 0.1) is 0 Å². The molecule has 0 fully saturated rings. The molecule has 0 radical (unpaired) electrons. The van der Waals surface area contributed by atoms with Gasteiger partial charge in [-0.15, -0.1) is 11.6 Å². The fourth-order valence-corrected chi connectivity index (χ4v) is 1.47. The number of ether oxygens (including phenoxy) is 2. The molecule has 0 bridgehead atoms. The van der Waals surface area contributed by atoms with Gasteiger partial charge in [0.15, 0.2) is 0 Å². The van der Waals surface area contributed by atoms with Crippen LogP contribution >= 0.6 is 11.6 Å². The molecule has 94 valence electrons. The van der Waals surface area contributed by atoms with E-state index in [4.69, 9.17) is 21.1 Å². The Morgan fingerprint density at radius 2 is 1.78 bits per heavy atom. The van der Waals surface area contributed by atoms with Crippen LogP contribution in [0.4, 0.5) is 0 Å². The van der Waals surface area contributed by atoms with Crippen LogP contribution in [0.3, 0.4) is 0 Å². The highest BCUT2D eigenvalue weighted by Gasteiger charge is 1.99. The first-order valence-electron chi connectivity index (χ1n) is 5.56. The second-order valence-corrected chi connectivity index (χ2v) is 3.76. The number of benzene rings is 1. The molecule has 4 nitrogen and oxygen atoms in total. The van der Waals surface area contributed by atoms with Crippen LogP contribution < -0.4 is 9.47 Å². The molecule has 0 saturated carbocycles. The summed E-state index contributed by atoms with van der Waals surface area (Å²) in [5, 5.41) is 0. The first-order valence-corrected chi connectivity index (χ1v) is 6.09. The molecule has 0 unspecified atom stereocenters. The van der Waals surface area contributed by atoms with Gasteiger partial charge in [-0.2, -0.15) is 0 Å². The number of halogens is 1. The molecular weight excluding hydrogens is 252 g/mol. The zero-order valence-corrected chi connectivity index (χ0v) is 10.5. The molecule has 0 amide bonds. The monoisotopic (exact) mass is 264 g/mol. The highest BCUT2D eigenvalue weighted by atomic mass is 35.5. The van der Waals surface area contributed by atoms with Gasteiger partial charge in [-0.05, 0) is 12.1 Å². The van der Waals surface area contributed by atoms with E-state index in [0.717, 1.165) is 5.75 Å². The predicted octanol–water partition coefficient (Wildman–Crippen LogP) is 2.67. The minimum atomic E-state index is 0.324. The number of hydrogen-bond acceptors (Lipinski definition) is 4. The van der Waals surface area contributed by atoms with Gasteiger partial charge in [-0.25, -0.2) is 4.98 Å². The first-order chi connectivity index (χ1) is 8.88. The maximum Gasteiger partial charge on any atom is 0.232 e. The number of aromatic nitrogens is 2. The number of alkyl halides is 1. The number of rotatable bonds is 6. The minimum absolute atomic E-state index is 0.324. The smallest absolute Gasteiger partial charge is 0.232 e. The molecule has 1 heterocycles. The fourth-order valence-electron chi connectivity index (χ4n) is 1.34. The van der Waals surface area contributed by atoms with Crippen LogP contribution in [0.25, 0.3) is 0 Å². The third-order valence-electron chi connectivity index (χ3n) is 2.14. The lowest BCUT2D eigenvalue weighted by Crippen LogP contribution is -2.10. The zero-order valence-electron chi connectivity index (χ0n) is 9.75. The molecular formula is C13H13ClN2O2. The van der Waals surface area contributed by atoms with E-state index in [1.165, 1.54) is 0 Å². The van der Waals surface area contributed by atoms with Gasteiger partial charge in [0.05, 0.1) is 17.8 Å². The SMILES string of the molecule is ClCc1cncc(OCCOc2ccccc2)n1. The van der Waals surface area contributed by atoms with Crippen molar-refractivity contribution in [1.82, 2.24) is 9.97 Å². The molecule has 1 aromatic carbocycles. The van der Waals surface area contributed by atoms with Crippen molar-refractivity contribution in [2.45, 2.75) is 5.88 Å². The van der Waals surface area contributed by atoms with E-state index in [2.05, 4.69) is 9.97 Å². The number of nitrogens with zero attached hydrogens (tertiary/aromatic N) is 2. The Labute approximate surface area is 111 Å². The van der Waals surface area contributed by atoms with Gasteiger partial charge < -0.3 is 9.47 Å². The summed E-state index contributed by atoms with van der Waals surface area (Å²) in [4.78, 5) is 8.14. The van der Waals surface area contributed by atoms with E-state index < -0.39 is 0 Å². The van der Waals surface area contributed by atoms with E-state index in [-0.39, 0.29) is 0 Å². The van der Waals surface area contributed by atoms with Gasteiger partial charge in [-0.1, -0.05) is 18.2 Å². The molecule has 0 N–H and O–H groups in total. The van der Waals surface area contributed by atoms with Crippen LogP contribution in [0.15, 0.2) is 42.7 Å². The van der Waals surface area contributed by atoms with Crippen LogP contribution in [0.1, 0.15) is 5.69 Å². The zero-order chi connectivity index (χ0) is 12.6. The maximum absolute atomic E-state index is 5.66. The Morgan fingerprint density at radius 3 is 2.56 bits per heavy atom. The maximum atomic E-state index is 5.66. The van der Waals surface area contributed by atoms with E-state index in [9.17, 15) is 0 Å². The van der Waals surface area contributed by atoms with Gasteiger partial charge in [0.1, 0.15) is 19.0 Å². The molecule has 0 spiro atoms.